The largest absolute Gasteiger partial charge is 0.454 e. The summed E-state index contributed by atoms with van der Waals surface area (Å²) in [6, 6.07) is 8.91. The average Bonchev–Trinajstić information content (AvgIpc) is 2.98. The summed E-state index contributed by atoms with van der Waals surface area (Å²) in [5, 5.41) is 1.93. The van der Waals surface area contributed by atoms with Gasteiger partial charge in [0, 0.05) is 10.9 Å². The topological polar surface area (TPSA) is 44.8 Å². The standard InChI is InChI=1S/C13H10O4S/c14-13(7-10-2-1-5-18-10)17-9-3-4-11-12(6-9)16-8-15-11/h1-6H,7-8H2. The first kappa shape index (κ1) is 11.1. The molecule has 18 heavy (non-hydrogen) atoms. The van der Waals surface area contributed by atoms with Crippen LogP contribution in [-0.2, 0) is 11.2 Å². The van der Waals surface area contributed by atoms with E-state index in [4.69, 9.17) is 14.2 Å². The third kappa shape index (κ3) is 2.31. The first-order valence-electron chi connectivity index (χ1n) is 5.44. The summed E-state index contributed by atoms with van der Waals surface area (Å²) in [5.74, 6) is 1.47. The second-order valence-corrected chi connectivity index (χ2v) is 4.78. The number of benzene rings is 1. The number of ether oxygens (including phenoxy) is 3. The zero-order chi connectivity index (χ0) is 12.4. The SMILES string of the molecule is O=C(Cc1cccs1)Oc1ccc2c(c1)OCO2. The van der Waals surface area contributed by atoms with Crippen LogP contribution in [-0.4, -0.2) is 12.8 Å². The van der Waals surface area contributed by atoms with Gasteiger partial charge in [-0.2, -0.15) is 0 Å². The lowest BCUT2D eigenvalue weighted by molar-refractivity contribution is -0.133. The van der Waals surface area contributed by atoms with E-state index < -0.39 is 0 Å². The lowest BCUT2D eigenvalue weighted by Crippen LogP contribution is -2.10. The Morgan fingerprint density at radius 1 is 1.28 bits per heavy atom. The molecule has 1 aromatic carbocycles. The van der Waals surface area contributed by atoms with Gasteiger partial charge in [0.2, 0.25) is 6.79 Å². The van der Waals surface area contributed by atoms with Crippen LogP contribution in [0.15, 0.2) is 35.7 Å². The monoisotopic (exact) mass is 262 g/mol. The van der Waals surface area contributed by atoms with Crippen LogP contribution in [0.3, 0.4) is 0 Å². The highest BCUT2D eigenvalue weighted by molar-refractivity contribution is 7.10. The van der Waals surface area contributed by atoms with Crippen LogP contribution in [0.5, 0.6) is 17.2 Å². The maximum atomic E-state index is 11.7. The lowest BCUT2D eigenvalue weighted by atomic mass is 10.3. The van der Waals surface area contributed by atoms with Crippen molar-refractivity contribution in [1.29, 1.82) is 0 Å². The molecule has 0 saturated heterocycles. The van der Waals surface area contributed by atoms with Gasteiger partial charge in [-0.3, -0.25) is 4.79 Å². The van der Waals surface area contributed by atoms with Crippen molar-refractivity contribution in [2.24, 2.45) is 0 Å². The van der Waals surface area contributed by atoms with Gasteiger partial charge < -0.3 is 14.2 Å². The van der Waals surface area contributed by atoms with Crippen molar-refractivity contribution in [3.63, 3.8) is 0 Å². The van der Waals surface area contributed by atoms with Crippen LogP contribution in [0, 0.1) is 0 Å². The number of fused-ring (bicyclic) bond motifs is 1. The van der Waals surface area contributed by atoms with Gasteiger partial charge in [-0.05, 0) is 23.6 Å². The van der Waals surface area contributed by atoms with Crippen molar-refractivity contribution in [3.8, 4) is 17.2 Å². The molecule has 2 heterocycles. The molecular formula is C13H10O4S. The molecule has 2 aromatic rings. The molecule has 0 unspecified atom stereocenters. The van der Waals surface area contributed by atoms with Crippen molar-refractivity contribution in [2.75, 3.05) is 6.79 Å². The van der Waals surface area contributed by atoms with Crippen LogP contribution in [0.2, 0.25) is 0 Å². The zero-order valence-electron chi connectivity index (χ0n) is 9.42. The Hall–Kier alpha value is -2.01. The molecule has 1 aliphatic heterocycles. The minimum atomic E-state index is -0.281. The fraction of sp³-hybridized carbons (Fsp3) is 0.154. The van der Waals surface area contributed by atoms with Crippen LogP contribution in [0.1, 0.15) is 4.88 Å². The van der Waals surface area contributed by atoms with Gasteiger partial charge in [0.05, 0.1) is 6.42 Å². The van der Waals surface area contributed by atoms with E-state index in [1.54, 1.807) is 18.2 Å². The molecule has 0 aliphatic carbocycles. The number of carbonyl (C=O) groups is 1. The number of thiophene rings is 1. The summed E-state index contributed by atoms with van der Waals surface area (Å²) in [6.07, 6.45) is 0.284. The Morgan fingerprint density at radius 2 is 2.17 bits per heavy atom. The Labute approximate surface area is 108 Å². The van der Waals surface area contributed by atoms with Crippen molar-refractivity contribution in [1.82, 2.24) is 0 Å². The van der Waals surface area contributed by atoms with E-state index in [0.717, 1.165) is 4.88 Å². The fourth-order valence-corrected chi connectivity index (χ4v) is 2.35. The Balaban J connectivity index is 1.67. The van der Waals surface area contributed by atoms with Gasteiger partial charge >= 0.3 is 5.97 Å². The summed E-state index contributed by atoms with van der Waals surface area (Å²) >= 11 is 1.54. The van der Waals surface area contributed by atoms with E-state index in [1.807, 2.05) is 17.5 Å². The zero-order valence-corrected chi connectivity index (χ0v) is 10.2. The van der Waals surface area contributed by atoms with E-state index in [9.17, 15) is 4.79 Å². The molecule has 1 aliphatic rings. The summed E-state index contributed by atoms with van der Waals surface area (Å²) in [4.78, 5) is 12.7. The van der Waals surface area contributed by atoms with Crippen LogP contribution in [0.25, 0.3) is 0 Å². The van der Waals surface area contributed by atoms with Crippen molar-refractivity contribution in [3.05, 3.63) is 40.6 Å². The molecule has 4 nitrogen and oxygen atoms in total. The van der Waals surface area contributed by atoms with Crippen molar-refractivity contribution >= 4 is 17.3 Å². The summed E-state index contributed by atoms with van der Waals surface area (Å²) in [5.41, 5.74) is 0. The third-order valence-electron chi connectivity index (χ3n) is 2.47. The number of hydrogen-bond donors (Lipinski definition) is 0. The maximum Gasteiger partial charge on any atom is 0.316 e. The highest BCUT2D eigenvalue weighted by atomic mass is 32.1. The summed E-state index contributed by atoms with van der Waals surface area (Å²) in [6.45, 7) is 0.210. The molecule has 5 heteroatoms. The lowest BCUT2D eigenvalue weighted by Gasteiger charge is -2.04. The number of esters is 1. The van der Waals surface area contributed by atoms with Crippen molar-refractivity contribution < 1.29 is 19.0 Å². The molecule has 0 atom stereocenters. The molecule has 0 amide bonds. The third-order valence-corrected chi connectivity index (χ3v) is 3.35. The molecule has 1 aromatic heterocycles. The van der Waals surface area contributed by atoms with Gasteiger partial charge in [0.25, 0.3) is 0 Å². The van der Waals surface area contributed by atoms with Crippen LogP contribution in [0.4, 0.5) is 0 Å². The van der Waals surface area contributed by atoms with Crippen LogP contribution >= 0.6 is 11.3 Å². The van der Waals surface area contributed by atoms with E-state index >= 15 is 0 Å². The van der Waals surface area contributed by atoms with Crippen molar-refractivity contribution in [2.45, 2.75) is 6.42 Å². The number of hydrogen-bond acceptors (Lipinski definition) is 5. The van der Waals surface area contributed by atoms with Gasteiger partial charge in [-0.15, -0.1) is 11.3 Å². The van der Waals surface area contributed by atoms with Crippen LogP contribution < -0.4 is 14.2 Å². The average molecular weight is 262 g/mol. The predicted molar refractivity (Wildman–Crippen MR) is 66.2 cm³/mol. The second-order valence-electron chi connectivity index (χ2n) is 3.75. The second kappa shape index (κ2) is 4.70. The quantitative estimate of drug-likeness (QED) is 0.630. The van der Waals surface area contributed by atoms with Gasteiger partial charge in [0.15, 0.2) is 11.5 Å². The van der Waals surface area contributed by atoms with Gasteiger partial charge in [-0.1, -0.05) is 6.07 Å². The number of carbonyl (C=O) groups excluding carboxylic acids is 1. The molecule has 0 N–H and O–H groups in total. The first-order chi connectivity index (χ1) is 8.81. The predicted octanol–water partition coefficient (Wildman–Crippen LogP) is 2.62. The minimum Gasteiger partial charge on any atom is -0.454 e. The first-order valence-corrected chi connectivity index (χ1v) is 6.32. The molecule has 3 rings (SSSR count). The molecule has 0 spiro atoms. The Morgan fingerprint density at radius 3 is 3.00 bits per heavy atom. The van der Waals surface area contributed by atoms with E-state index in [1.165, 1.54) is 11.3 Å². The summed E-state index contributed by atoms with van der Waals surface area (Å²) < 4.78 is 15.6. The normalized spacial score (nSPS) is 12.4. The Bertz CT molecular complexity index is 562. The molecular weight excluding hydrogens is 252 g/mol. The molecule has 0 radical (unpaired) electrons. The molecule has 0 bridgehead atoms. The minimum absolute atomic E-state index is 0.210. The van der Waals surface area contributed by atoms with E-state index in [0.29, 0.717) is 17.2 Å². The molecule has 92 valence electrons. The van der Waals surface area contributed by atoms with Gasteiger partial charge in [0.1, 0.15) is 5.75 Å². The molecule has 0 saturated carbocycles. The fourth-order valence-electron chi connectivity index (χ4n) is 1.66. The molecule has 0 fully saturated rings. The van der Waals surface area contributed by atoms with Gasteiger partial charge in [-0.25, -0.2) is 0 Å². The number of rotatable bonds is 3. The maximum absolute atomic E-state index is 11.7. The Kier molecular flexibility index (Phi) is 2.90. The highest BCUT2D eigenvalue weighted by Crippen LogP contribution is 2.35. The smallest absolute Gasteiger partial charge is 0.316 e. The highest BCUT2D eigenvalue weighted by Gasteiger charge is 2.15. The van der Waals surface area contributed by atoms with E-state index in [-0.39, 0.29) is 19.2 Å². The van der Waals surface area contributed by atoms with E-state index in [2.05, 4.69) is 0 Å². The summed E-state index contributed by atoms with van der Waals surface area (Å²) in [7, 11) is 0.